The van der Waals surface area contributed by atoms with E-state index < -0.39 is 5.97 Å². The molecule has 3 atom stereocenters. The Morgan fingerprint density at radius 2 is 2.27 bits per heavy atom. The topological polar surface area (TPSA) is 92.0 Å². The van der Waals surface area contributed by atoms with Crippen molar-refractivity contribution in [2.75, 3.05) is 26.2 Å². The Bertz CT molecular complexity index is 530. The van der Waals surface area contributed by atoms with Gasteiger partial charge in [0.05, 0.1) is 25.5 Å². The zero-order valence-electron chi connectivity index (χ0n) is 12.2. The van der Waals surface area contributed by atoms with Crippen LogP contribution in [-0.2, 0) is 9.53 Å². The SMILES string of the molecule is O=C(O)CN1CCO[C@@H]2[C@H](CNC(=O)c3ccco3)CC[C@@H]21. The van der Waals surface area contributed by atoms with Crippen LogP contribution in [0, 0.1) is 5.92 Å². The molecule has 0 unspecified atom stereocenters. The quantitative estimate of drug-likeness (QED) is 0.826. The molecule has 2 heterocycles. The van der Waals surface area contributed by atoms with Gasteiger partial charge in [-0.1, -0.05) is 0 Å². The summed E-state index contributed by atoms with van der Waals surface area (Å²) in [6, 6.07) is 3.43. The van der Waals surface area contributed by atoms with Crippen molar-refractivity contribution < 1.29 is 23.8 Å². The number of rotatable bonds is 5. The van der Waals surface area contributed by atoms with Crippen LogP contribution < -0.4 is 5.32 Å². The maximum absolute atomic E-state index is 11.9. The van der Waals surface area contributed by atoms with Crippen LogP contribution in [0.4, 0.5) is 0 Å². The van der Waals surface area contributed by atoms with Gasteiger partial charge < -0.3 is 19.6 Å². The Labute approximate surface area is 128 Å². The van der Waals surface area contributed by atoms with Gasteiger partial charge in [-0.25, -0.2) is 0 Å². The Morgan fingerprint density at radius 1 is 1.41 bits per heavy atom. The number of carbonyl (C=O) groups is 2. The molecule has 1 saturated heterocycles. The number of carboxylic acid groups (broad SMARTS) is 1. The third kappa shape index (κ3) is 3.15. The van der Waals surface area contributed by atoms with E-state index in [9.17, 15) is 9.59 Å². The Balaban J connectivity index is 1.55. The van der Waals surface area contributed by atoms with Gasteiger partial charge in [0.2, 0.25) is 0 Å². The minimum absolute atomic E-state index is 0.00926. The Kier molecular flexibility index (Phi) is 4.44. The van der Waals surface area contributed by atoms with Gasteiger partial charge in [0.15, 0.2) is 5.76 Å². The summed E-state index contributed by atoms with van der Waals surface area (Å²) in [5, 5.41) is 11.9. The number of ether oxygens (including phenoxy) is 1. The highest BCUT2D eigenvalue weighted by Crippen LogP contribution is 2.34. The molecule has 0 spiro atoms. The zero-order valence-corrected chi connectivity index (χ0v) is 12.2. The smallest absolute Gasteiger partial charge is 0.317 e. The number of furan rings is 1. The van der Waals surface area contributed by atoms with Gasteiger partial charge in [0.25, 0.3) is 5.91 Å². The summed E-state index contributed by atoms with van der Waals surface area (Å²) in [4.78, 5) is 24.8. The zero-order chi connectivity index (χ0) is 15.5. The van der Waals surface area contributed by atoms with E-state index in [0.717, 1.165) is 12.8 Å². The molecule has 120 valence electrons. The summed E-state index contributed by atoms with van der Waals surface area (Å²) in [5.74, 6) is -0.533. The summed E-state index contributed by atoms with van der Waals surface area (Å²) in [6.45, 7) is 1.76. The highest BCUT2D eigenvalue weighted by atomic mass is 16.5. The number of hydrogen-bond donors (Lipinski definition) is 2. The maximum atomic E-state index is 11.9. The molecule has 1 aliphatic heterocycles. The lowest BCUT2D eigenvalue weighted by Crippen LogP contribution is -2.52. The summed E-state index contributed by atoms with van der Waals surface area (Å²) in [6.07, 6.45) is 3.28. The number of aliphatic carboxylic acids is 1. The molecule has 7 heteroatoms. The number of nitrogens with one attached hydrogen (secondary N) is 1. The van der Waals surface area contributed by atoms with Gasteiger partial charge >= 0.3 is 5.97 Å². The predicted molar refractivity (Wildman–Crippen MR) is 76.5 cm³/mol. The molecular weight excluding hydrogens is 288 g/mol. The lowest BCUT2D eigenvalue weighted by molar-refractivity contribution is -0.142. The number of fused-ring (bicyclic) bond motifs is 1. The molecule has 0 radical (unpaired) electrons. The van der Waals surface area contributed by atoms with Crippen LogP contribution in [0.3, 0.4) is 0 Å². The summed E-state index contributed by atoms with van der Waals surface area (Å²) in [5.41, 5.74) is 0. The molecule has 0 aromatic carbocycles. The first-order valence-corrected chi connectivity index (χ1v) is 7.54. The van der Waals surface area contributed by atoms with Crippen LogP contribution in [0.2, 0.25) is 0 Å². The lowest BCUT2D eigenvalue weighted by Gasteiger charge is -2.38. The van der Waals surface area contributed by atoms with Gasteiger partial charge in [0.1, 0.15) is 0 Å². The monoisotopic (exact) mass is 308 g/mol. The van der Waals surface area contributed by atoms with Crippen molar-refractivity contribution in [2.45, 2.75) is 25.0 Å². The van der Waals surface area contributed by atoms with Crippen molar-refractivity contribution in [1.29, 1.82) is 0 Å². The summed E-state index contributed by atoms with van der Waals surface area (Å²) >= 11 is 0. The standard InChI is InChI=1S/C15H20N2O5/c18-13(19)9-17-5-7-22-14-10(3-4-11(14)17)8-16-15(20)12-2-1-6-21-12/h1-2,6,10-11,14H,3-5,7-9H2,(H,16,20)(H,18,19)/t10-,11-,14+/m0/s1. The average molecular weight is 308 g/mol. The van der Waals surface area contributed by atoms with Crippen molar-refractivity contribution in [1.82, 2.24) is 10.2 Å². The Hall–Kier alpha value is -1.86. The first-order chi connectivity index (χ1) is 10.6. The molecule has 7 nitrogen and oxygen atoms in total. The summed E-state index contributed by atoms with van der Waals surface area (Å²) in [7, 11) is 0. The van der Waals surface area contributed by atoms with Crippen molar-refractivity contribution in [3.8, 4) is 0 Å². The molecule has 1 saturated carbocycles. The molecule has 1 amide bonds. The first-order valence-electron chi connectivity index (χ1n) is 7.54. The van der Waals surface area contributed by atoms with Gasteiger partial charge in [0, 0.05) is 25.0 Å². The third-order valence-corrected chi connectivity index (χ3v) is 4.44. The van der Waals surface area contributed by atoms with Crippen molar-refractivity contribution in [3.05, 3.63) is 24.2 Å². The van der Waals surface area contributed by atoms with E-state index >= 15 is 0 Å². The van der Waals surface area contributed by atoms with Crippen molar-refractivity contribution in [3.63, 3.8) is 0 Å². The number of carboxylic acids is 1. The van der Waals surface area contributed by atoms with Crippen LogP contribution in [0.1, 0.15) is 23.4 Å². The van der Waals surface area contributed by atoms with E-state index in [-0.39, 0.29) is 30.5 Å². The minimum Gasteiger partial charge on any atom is -0.480 e. The van der Waals surface area contributed by atoms with Crippen LogP contribution in [0.15, 0.2) is 22.8 Å². The van der Waals surface area contributed by atoms with E-state index in [2.05, 4.69) is 5.32 Å². The maximum Gasteiger partial charge on any atom is 0.317 e. The van der Waals surface area contributed by atoms with Gasteiger partial charge in [-0.2, -0.15) is 0 Å². The fraction of sp³-hybridized carbons (Fsp3) is 0.600. The molecule has 1 aliphatic carbocycles. The van der Waals surface area contributed by atoms with Crippen molar-refractivity contribution >= 4 is 11.9 Å². The molecule has 1 aromatic rings. The van der Waals surface area contributed by atoms with E-state index in [1.54, 1.807) is 12.1 Å². The number of hydrogen-bond acceptors (Lipinski definition) is 5. The molecule has 0 bridgehead atoms. The van der Waals surface area contributed by atoms with Gasteiger partial charge in [-0.05, 0) is 25.0 Å². The van der Waals surface area contributed by atoms with Crippen molar-refractivity contribution in [2.24, 2.45) is 5.92 Å². The Morgan fingerprint density at radius 3 is 3.00 bits per heavy atom. The number of morpholine rings is 1. The van der Waals surface area contributed by atoms with Crippen LogP contribution in [0.25, 0.3) is 0 Å². The second-order valence-electron chi connectivity index (χ2n) is 5.79. The second kappa shape index (κ2) is 6.50. The highest BCUT2D eigenvalue weighted by Gasteiger charge is 2.43. The fourth-order valence-corrected chi connectivity index (χ4v) is 3.44. The molecule has 3 rings (SSSR count). The van der Waals surface area contributed by atoms with E-state index in [1.165, 1.54) is 6.26 Å². The van der Waals surface area contributed by atoms with Crippen LogP contribution >= 0.6 is 0 Å². The highest BCUT2D eigenvalue weighted by molar-refractivity contribution is 5.91. The van der Waals surface area contributed by atoms with E-state index in [1.807, 2.05) is 4.90 Å². The summed E-state index contributed by atoms with van der Waals surface area (Å²) < 4.78 is 10.9. The van der Waals surface area contributed by atoms with Gasteiger partial charge in [-0.3, -0.25) is 14.5 Å². The molecule has 1 aromatic heterocycles. The lowest BCUT2D eigenvalue weighted by atomic mass is 10.0. The van der Waals surface area contributed by atoms with Crippen LogP contribution in [0.5, 0.6) is 0 Å². The fourth-order valence-electron chi connectivity index (χ4n) is 3.44. The molecule has 2 fully saturated rings. The normalized spacial score (nSPS) is 28.3. The third-order valence-electron chi connectivity index (χ3n) is 4.44. The minimum atomic E-state index is -0.810. The number of carbonyl (C=O) groups excluding carboxylic acids is 1. The van der Waals surface area contributed by atoms with Gasteiger partial charge in [-0.15, -0.1) is 0 Å². The predicted octanol–water partition coefficient (Wildman–Crippen LogP) is 0.573. The average Bonchev–Trinajstić information content (AvgIpc) is 3.14. The second-order valence-corrected chi connectivity index (χ2v) is 5.79. The van der Waals surface area contributed by atoms with E-state index in [0.29, 0.717) is 25.5 Å². The number of amides is 1. The largest absolute Gasteiger partial charge is 0.480 e. The molecule has 2 N–H and O–H groups in total. The molecule has 2 aliphatic rings. The molecular formula is C15H20N2O5. The van der Waals surface area contributed by atoms with E-state index in [4.69, 9.17) is 14.3 Å². The van der Waals surface area contributed by atoms with Crippen LogP contribution in [-0.4, -0.2) is 60.3 Å². The molecule has 22 heavy (non-hydrogen) atoms. The number of nitrogens with zero attached hydrogens (tertiary/aromatic N) is 1. The first kappa shape index (κ1) is 15.1.